The van der Waals surface area contributed by atoms with Crippen LogP contribution in [0.1, 0.15) is 41.8 Å². The molecule has 0 amide bonds. The van der Waals surface area contributed by atoms with Crippen molar-refractivity contribution in [2.75, 3.05) is 7.11 Å². The Morgan fingerprint density at radius 1 is 0.949 bits per heavy atom. The summed E-state index contributed by atoms with van der Waals surface area (Å²) in [4.78, 5) is 20.3. The van der Waals surface area contributed by atoms with Gasteiger partial charge in [-0.25, -0.2) is 19.9 Å². The quantitative estimate of drug-likeness (QED) is 0.264. The van der Waals surface area contributed by atoms with Crippen LogP contribution in [0.5, 0.6) is 11.8 Å². The minimum absolute atomic E-state index is 0.0516. The van der Waals surface area contributed by atoms with Crippen LogP contribution in [-0.2, 0) is 13.2 Å². The summed E-state index contributed by atoms with van der Waals surface area (Å²) in [5.41, 5.74) is -0.161. The number of rotatable bonds is 7. The van der Waals surface area contributed by atoms with Gasteiger partial charge in [-0.2, -0.15) is 31.3 Å². The molecule has 1 aliphatic rings. The van der Waals surface area contributed by atoms with Crippen molar-refractivity contribution < 1.29 is 35.8 Å². The highest BCUT2D eigenvalue weighted by molar-refractivity contribution is 5.66. The molecule has 1 saturated carbocycles. The molecule has 8 nitrogen and oxygen atoms in total. The molecule has 0 N–H and O–H groups in total. The summed E-state index contributed by atoms with van der Waals surface area (Å²) in [5.74, 6) is -0.00643. The molecule has 0 radical (unpaired) electrons. The number of aryl methyl sites for hydroxylation is 1. The second kappa shape index (κ2) is 9.82. The first-order chi connectivity index (χ1) is 18.5. The van der Waals surface area contributed by atoms with E-state index in [0.717, 1.165) is 35.7 Å². The van der Waals surface area contributed by atoms with Crippen molar-refractivity contribution in [3.8, 4) is 34.5 Å². The number of aromatic nitrogens is 6. The van der Waals surface area contributed by atoms with Crippen molar-refractivity contribution in [2.45, 2.75) is 37.2 Å². The van der Waals surface area contributed by atoms with Crippen molar-refractivity contribution in [3.63, 3.8) is 0 Å². The number of methoxy groups -OCH3 is 1. The van der Waals surface area contributed by atoms with E-state index >= 15 is 0 Å². The van der Waals surface area contributed by atoms with Crippen molar-refractivity contribution in [3.05, 3.63) is 66.0 Å². The summed E-state index contributed by atoms with van der Waals surface area (Å²) < 4.78 is 93.0. The first kappa shape index (κ1) is 26.4. The molecule has 5 rings (SSSR count). The standard InChI is InChI=1S/C25H20F6N6O2/c1-37-11-16(24(26,27)28)35-22(37)15-7-5-14(6-8-15)20(25(29,30)31)39-17-9-10-32-21(36-17)18-19(13-3-4-13)33-12-34-23(18)38-2/h5-13,20H,3-4H2,1-2H3/t20-/m1/s1. The number of alkyl halides is 6. The van der Waals surface area contributed by atoms with Gasteiger partial charge in [0.15, 0.2) is 11.5 Å². The van der Waals surface area contributed by atoms with E-state index in [1.54, 1.807) is 0 Å². The van der Waals surface area contributed by atoms with Crippen molar-refractivity contribution in [2.24, 2.45) is 7.05 Å². The SMILES string of the molecule is COc1ncnc(C2CC2)c1-c1nccc(O[C@H](c2ccc(-c3nc(C(F)(F)F)cn3C)cc2)C(F)(F)F)n1. The molecule has 1 aliphatic carbocycles. The molecular formula is C25H20F6N6O2. The Hall–Kier alpha value is -4.23. The highest BCUT2D eigenvalue weighted by atomic mass is 19.4. The highest BCUT2D eigenvalue weighted by Gasteiger charge is 2.43. The number of benzene rings is 1. The fourth-order valence-corrected chi connectivity index (χ4v) is 4.06. The summed E-state index contributed by atoms with van der Waals surface area (Å²) in [5, 5.41) is 0. The molecule has 39 heavy (non-hydrogen) atoms. The third-order valence-corrected chi connectivity index (χ3v) is 6.03. The summed E-state index contributed by atoms with van der Waals surface area (Å²) in [7, 11) is 2.77. The van der Waals surface area contributed by atoms with E-state index in [9.17, 15) is 26.3 Å². The average Bonchev–Trinajstić information content (AvgIpc) is 3.66. The fraction of sp³-hybridized carbons (Fsp3) is 0.320. The number of hydrogen-bond donors (Lipinski definition) is 0. The van der Waals surface area contributed by atoms with Crippen molar-refractivity contribution in [1.29, 1.82) is 0 Å². The maximum absolute atomic E-state index is 14.1. The molecular weight excluding hydrogens is 530 g/mol. The van der Waals surface area contributed by atoms with Gasteiger partial charge in [0.2, 0.25) is 17.9 Å². The normalized spacial score (nSPS) is 14.8. The van der Waals surface area contributed by atoms with Crippen molar-refractivity contribution >= 4 is 0 Å². The molecule has 1 fully saturated rings. The lowest BCUT2D eigenvalue weighted by Crippen LogP contribution is -2.26. The van der Waals surface area contributed by atoms with Gasteiger partial charge in [-0.05, 0) is 12.8 Å². The van der Waals surface area contributed by atoms with Gasteiger partial charge in [0.05, 0.1) is 12.8 Å². The second-order valence-corrected chi connectivity index (χ2v) is 8.86. The molecule has 204 valence electrons. The summed E-state index contributed by atoms with van der Waals surface area (Å²) in [6.45, 7) is 0. The Bertz CT molecular complexity index is 1480. The molecule has 0 spiro atoms. The summed E-state index contributed by atoms with van der Waals surface area (Å²) >= 11 is 0. The van der Waals surface area contributed by atoms with Crippen LogP contribution in [0, 0.1) is 0 Å². The van der Waals surface area contributed by atoms with Crippen LogP contribution in [0.3, 0.4) is 0 Å². The smallest absolute Gasteiger partial charge is 0.434 e. The Labute approximate surface area is 217 Å². The van der Waals surface area contributed by atoms with E-state index < -0.39 is 24.2 Å². The van der Waals surface area contributed by atoms with Crippen LogP contribution in [-0.4, -0.2) is 42.8 Å². The first-order valence-corrected chi connectivity index (χ1v) is 11.6. The summed E-state index contributed by atoms with van der Waals surface area (Å²) in [6, 6.07) is 5.93. The lowest BCUT2D eigenvalue weighted by atomic mass is 10.1. The Morgan fingerprint density at radius 3 is 2.26 bits per heavy atom. The zero-order valence-electron chi connectivity index (χ0n) is 20.5. The Kier molecular flexibility index (Phi) is 6.64. The zero-order chi connectivity index (χ0) is 27.9. The van der Waals surface area contributed by atoms with Crippen LogP contribution in [0.2, 0.25) is 0 Å². The van der Waals surface area contributed by atoms with Gasteiger partial charge in [0.1, 0.15) is 17.7 Å². The van der Waals surface area contributed by atoms with E-state index in [1.807, 2.05) is 0 Å². The maximum Gasteiger partial charge on any atom is 0.434 e. The maximum atomic E-state index is 14.1. The third-order valence-electron chi connectivity index (χ3n) is 6.03. The predicted octanol–water partition coefficient (Wildman–Crippen LogP) is 5.92. The third kappa shape index (κ3) is 5.49. The molecule has 0 saturated heterocycles. The van der Waals surface area contributed by atoms with Crippen LogP contribution < -0.4 is 9.47 Å². The number of hydrogen-bond acceptors (Lipinski definition) is 7. The van der Waals surface area contributed by atoms with Gasteiger partial charge >= 0.3 is 12.4 Å². The Morgan fingerprint density at radius 2 is 1.67 bits per heavy atom. The van der Waals surface area contributed by atoms with Gasteiger partial charge in [-0.1, -0.05) is 24.3 Å². The molecule has 3 heterocycles. The van der Waals surface area contributed by atoms with Gasteiger partial charge in [0.25, 0.3) is 0 Å². The largest absolute Gasteiger partial charge is 0.480 e. The van der Waals surface area contributed by atoms with Crippen LogP contribution in [0.25, 0.3) is 22.8 Å². The van der Waals surface area contributed by atoms with E-state index in [4.69, 9.17) is 9.47 Å². The summed E-state index contributed by atoms with van der Waals surface area (Å²) in [6.07, 6.45) is -6.72. The van der Waals surface area contributed by atoms with Gasteiger partial charge < -0.3 is 14.0 Å². The minimum atomic E-state index is -4.84. The number of halogens is 6. The van der Waals surface area contributed by atoms with Gasteiger partial charge in [0, 0.05) is 42.6 Å². The van der Waals surface area contributed by atoms with Crippen LogP contribution in [0.4, 0.5) is 26.3 Å². The van der Waals surface area contributed by atoms with E-state index in [-0.39, 0.29) is 40.5 Å². The molecule has 4 aromatic rings. The molecule has 0 aliphatic heterocycles. The lowest BCUT2D eigenvalue weighted by molar-refractivity contribution is -0.198. The predicted molar refractivity (Wildman–Crippen MR) is 125 cm³/mol. The number of imidazole rings is 1. The molecule has 0 unspecified atom stereocenters. The van der Waals surface area contributed by atoms with E-state index in [0.29, 0.717) is 11.3 Å². The molecule has 3 aromatic heterocycles. The lowest BCUT2D eigenvalue weighted by Gasteiger charge is -2.22. The van der Waals surface area contributed by atoms with Crippen molar-refractivity contribution in [1.82, 2.24) is 29.5 Å². The van der Waals surface area contributed by atoms with Crippen LogP contribution in [0.15, 0.2) is 49.1 Å². The average molecular weight is 550 g/mol. The van der Waals surface area contributed by atoms with E-state index in [1.165, 1.54) is 44.9 Å². The zero-order valence-corrected chi connectivity index (χ0v) is 20.5. The monoisotopic (exact) mass is 550 g/mol. The van der Waals surface area contributed by atoms with Crippen LogP contribution >= 0.6 is 0 Å². The highest BCUT2D eigenvalue weighted by Crippen LogP contribution is 2.45. The Balaban J connectivity index is 1.45. The minimum Gasteiger partial charge on any atom is -0.480 e. The van der Waals surface area contributed by atoms with E-state index in [2.05, 4.69) is 24.9 Å². The molecule has 0 bridgehead atoms. The molecule has 1 aromatic carbocycles. The first-order valence-electron chi connectivity index (χ1n) is 11.6. The second-order valence-electron chi connectivity index (χ2n) is 8.86. The number of nitrogens with zero attached hydrogens (tertiary/aromatic N) is 6. The topological polar surface area (TPSA) is 87.8 Å². The fourth-order valence-electron chi connectivity index (χ4n) is 4.06. The molecule has 1 atom stereocenters. The van der Waals surface area contributed by atoms with Gasteiger partial charge in [-0.15, -0.1) is 0 Å². The molecule has 14 heteroatoms. The number of ether oxygens (including phenoxy) is 2. The van der Waals surface area contributed by atoms with Gasteiger partial charge in [-0.3, -0.25) is 0 Å².